The molecule has 0 aliphatic rings. The highest BCUT2D eigenvalue weighted by Gasteiger charge is 2.17. The number of carbonyl (C=O) groups excluding carboxylic acids is 2. The fourth-order valence-corrected chi connectivity index (χ4v) is 2.20. The summed E-state index contributed by atoms with van der Waals surface area (Å²) in [5, 5.41) is 18.2. The van der Waals surface area contributed by atoms with Gasteiger partial charge in [0.25, 0.3) is 11.6 Å². The molecule has 0 spiro atoms. The number of H-pyrrole nitrogens is 1. The van der Waals surface area contributed by atoms with Crippen molar-refractivity contribution in [2.24, 2.45) is 0 Å². The molecule has 0 bridgehead atoms. The summed E-state index contributed by atoms with van der Waals surface area (Å²) < 4.78 is 5.49. The zero-order valence-electron chi connectivity index (χ0n) is 13.7. The van der Waals surface area contributed by atoms with E-state index >= 15 is 0 Å². The van der Waals surface area contributed by atoms with Crippen LogP contribution in [0, 0.1) is 5.21 Å². The Kier molecular flexibility index (Phi) is 4.79. The predicted molar refractivity (Wildman–Crippen MR) is 90.9 cm³/mol. The minimum Gasteiger partial charge on any atom is -0.618 e. The number of benzene rings is 1. The summed E-state index contributed by atoms with van der Waals surface area (Å²) in [6, 6.07) is 13.1. The molecule has 3 N–H and O–H groups in total. The van der Waals surface area contributed by atoms with Gasteiger partial charge >= 0.3 is 5.91 Å². The first kappa shape index (κ1) is 17.0. The van der Waals surface area contributed by atoms with Crippen LogP contribution in [-0.4, -0.2) is 29.1 Å². The second kappa shape index (κ2) is 7.34. The molecule has 0 saturated heterocycles. The predicted octanol–water partition coefficient (Wildman–Crippen LogP) is 0.793. The SMILES string of the molecule is COc1ccc(-c2cc(C(=O)NNC(=O)c3cccc[n+]3[O-])[nH]n2)cc1. The lowest BCUT2D eigenvalue weighted by Crippen LogP contribution is -2.46. The summed E-state index contributed by atoms with van der Waals surface area (Å²) in [7, 11) is 1.57. The van der Waals surface area contributed by atoms with Gasteiger partial charge < -0.3 is 9.94 Å². The lowest BCUT2D eigenvalue weighted by Gasteiger charge is -2.06. The van der Waals surface area contributed by atoms with Crippen molar-refractivity contribution in [3.05, 3.63) is 71.3 Å². The van der Waals surface area contributed by atoms with E-state index in [9.17, 15) is 14.8 Å². The molecule has 132 valence electrons. The number of hydrogen-bond donors (Lipinski definition) is 3. The largest absolute Gasteiger partial charge is 0.618 e. The van der Waals surface area contributed by atoms with Gasteiger partial charge in [-0.05, 0) is 36.4 Å². The van der Waals surface area contributed by atoms with Crippen molar-refractivity contribution in [1.29, 1.82) is 0 Å². The molecule has 0 aliphatic heterocycles. The summed E-state index contributed by atoms with van der Waals surface area (Å²) in [5.41, 5.74) is 5.77. The molecule has 0 atom stereocenters. The van der Waals surface area contributed by atoms with E-state index in [1.54, 1.807) is 43.5 Å². The van der Waals surface area contributed by atoms with Gasteiger partial charge in [-0.1, -0.05) is 0 Å². The molecule has 0 unspecified atom stereocenters. The van der Waals surface area contributed by atoms with Crippen molar-refractivity contribution in [2.75, 3.05) is 7.11 Å². The highest BCUT2D eigenvalue weighted by molar-refractivity contribution is 5.97. The van der Waals surface area contributed by atoms with E-state index in [2.05, 4.69) is 21.0 Å². The van der Waals surface area contributed by atoms with Crippen LogP contribution >= 0.6 is 0 Å². The molecule has 3 rings (SSSR count). The van der Waals surface area contributed by atoms with Crippen molar-refractivity contribution in [2.45, 2.75) is 0 Å². The van der Waals surface area contributed by atoms with Gasteiger partial charge in [-0.15, -0.1) is 0 Å². The number of rotatable bonds is 4. The first-order chi connectivity index (χ1) is 12.6. The first-order valence-corrected chi connectivity index (χ1v) is 7.57. The van der Waals surface area contributed by atoms with Gasteiger partial charge in [0, 0.05) is 17.7 Å². The zero-order chi connectivity index (χ0) is 18.5. The summed E-state index contributed by atoms with van der Waals surface area (Å²) >= 11 is 0. The summed E-state index contributed by atoms with van der Waals surface area (Å²) in [6.45, 7) is 0. The highest BCUT2D eigenvalue weighted by Crippen LogP contribution is 2.20. The highest BCUT2D eigenvalue weighted by atomic mass is 16.5. The molecule has 3 aromatic rings. The third-order valence-electron chi connectivity index (χ3n) is 3.55. The summed E-state index contributed by atoms with van der Waals surface area (Å²) in [4.78, 5) is 24.0. The smallest absolute Gasteiger partial charge is 0.335 e. The van der Waals surface area contributed by atoms with E-state index in [-0.39, 0.29) is 11.4 Å². The topological polar surface area (TPSA) is 123 Å². The molecule has 9 heteroatoms. The van der Waals surface area contributed by atoms with E-state index in [1.165, 1.54) is 18.3 Å². The molecule has 1 aromatic carbocycles. The van der Waals surface area contributed by atoms with Crippen LogP contribution in [0.15, 0.2) is 54.7 Å². The number of carbonyl (C=O) groups is 2. The minimum atomic E-state index is -0.733. The van der Waals surface area contributed by atoms with Gasteiger partial charge in [-0.2, -0.15) is 9.83 Å². The molecule has 0 fully saturated rings. The van der Waals surface area contributed by atoms with E-state index < -0.39 is 11.8 Å². The number of ether oxygens (including phenoxy) is 1. The molecule has 0 saturated carbocycles. The fraction of sp³-hybridized carbons (Fsp3) is 0.0588. The Balaban J connectivity index is 1.64. The van der Waals surface area contributed by atoms with E-state index in [0.29, 0.717) is 16.2 Å². The molecule has 2 aromatic heterocycles. The second-order valence-electron chi connectivity index (χ2n) is 5.22. The average molecular weight is 353 g/mol. The molecular weight excluding hydrogens is 338 g/mol. The maximum Gasteiger partial charge on any atom is 0.335 e. The standard InChI is InChI=1S/C17H15N5O4/c1-26-12-7-5-11(6-8-12)13-10-14(19-18-13)16(23)20-21-17(24)15-4-2-3-9-22(15)25/h2-10H,1H3,(H,18,19)(H,20,23)(H,21,24). The Bertz CT molecular complexity index is 936. The van der Waals surface area contributed by atoms with Gasteiger partial charge in [0.05, 0.1) is 12.8 Å². The number of aromatic amines is 1. The number of pyridine rings is 1. The third kappa shape index (κ3) is 3.61. The molecule has 26 heavy (non-hydrogen) atoms. The monoisotopic (exact) mass is 353 g/mol. The molecular formula is C17H15N5O4. The molecule has 0 radical (unpaired) electrons. The minimum absolute atomic E-state index is 0.142. The third-order valence-corrected chi connectivity index (χ3v) is 3.55. The van der Waals surface area contributed by atoms with Crippen molar-refractivity contribution in [3.63, 3.8) is 0 Å². The zero-order valence-corrected chi connectivity index (χ0v) is 13.7. The lowest BCUT2D eigenvalue weighted by atomic mass is 10.1. The molecule has 2 heterocycles. The Morgan fingerprint density at radius 1 is 1.12 bits per heavy atom. The number of hydrogen-bond acceptors (Lipinski definition) is 5. The van der Waals surface area contributed by atoms with Gasteiger partial charge in [0.15, 0.2) is 6.20 Å². The number of nitrogens with zero attached hydrogens (tertiary/aromatic N) is 2. The van der Waals surface area contributed by atoms with Crippen LogP contribution in [0.4, 0.5) is 0 Å². The molecule has 0 aliphatic carbocycles. The maximum atomic E-state index is 12.1. The van der Waals surface area contributed by atoms with Gasteiger partial charge in [0.1, 0.15) is 11.4 Å². The number of aromatic nitrogens is 3. The van der Waals surface area contributed by atoms with Crippen LogP contribution in [0.5, 0.6) is 5.75 Å². The van der Waals surface area contributed by atoms with Crippen LogP contribution in [0.2, 0.25) is 0 Å². The fourth-order valence-electron chi connectivity index (χ4n) is 2.20. The van der Waals surface area contributed by atoms with Gasteiger partial charge in [-0.25, -0.2) is 0 Å². The normalized spacial score (nSPS) is 10.2. The van der Waals surface area contributed by atoms with Crippen LogP contribution in [-0.2, 0) is 0 Å². The number of methoxy groups -OCH3 is 1. The quantitative estimate of drug-likeness (QED) is 0.364. The Morgan fingerprint density at radius 2 is 1.85 bits per heavy atom. The van der Waals surface area contributed by atoms with Gasteiger partial charge in [-0.3, -0.25) is 25.5 Å². The van der Waals surface area contributed by atoms with E-state index in [4.69, 9.17) is 4.74 Å². The first-order valence-electron chi connectivity index (χ1n) is 7.57. The van der Waals surface area contributed by atoms with Crippen molar-refractivity contribution in [1.82, 2.24) is 21.0 Å². The number of hydrazine groups is 1. The van der Waals surface area contributed by atoms with Crippen LogP contribution in [0.25, 0.3) is 11.3 Å². The average Bonchev–Trinajstić information content (AvgIpc) is 3.16. The molecule has 2 amide bonds. The van der Waals surface area contributed by atoms with E-state index in [1.807, 2.05) is 0 Å². The Morgan fingerprint density at radius 3 is 2.54 bits per heavy atom. The van der Waals surface area contributed by atoms with Crippen molar-refractivity contribution >= 4 is 11.8 Å². The van der Waals surface area contributed by atoms with Crippen LogP contribution < -0.4 is 20.3 Å². The number of amides is 2. The summed E-state index contributed by atoms with van der Waals surface area (Å²) in [6.07, 6.45) is 1.19. The summed E-state index contributed by atoms with van der Waals surface area (Å²) in [5.74, 6) is -0.621. The second-order valence-corrected chi connectivity index (χ2v) is 5.22. The Hall–Kier alpha value is -3.88. The number of nitrogens with one attached hydrogen (secondary N) is 3. The van der Waals surface area contributed by atoms with Crippen molar-refractivity contribution in [3.8, 4) is 17.0 Å². The van der Waals surface area contributed by atoms with Crippen LogP contribution in [0.1, 0.15) is 21.0 Å². The Labute approximate surface area is 148 Å². The van der Waals surface area contributed by atoms with Gasteiger partial charge in [0.2, 0.25) is 0 Å². The maximum absolute atomic E-state index is 12.1. The van der Waals surface area contributed by atoms with Crippen LogP contribution in [0.3, 0.4) is 0 Å². The van der Waals surface area contributed by atoms with Crippen molar-refractivity contribution < 1.29 is 19.1 Å². The van der Waals surface area contributed by atoms with E-state index in [0.717, 1.165) is 5.56 Å². The lowest BCUT2D eigenvalue weighted by molar-refractivity contribution is -0.607. The molecule has 9 nitrogen and oxygen atoms in total.